The monoisotopic (exact) mass is 370 g/mol. The van der Waals surface area contributed by atoms with Crippen molar-refractivity contribution in [2.75, 3.05) is 0 Å². The fourth-order valence-electron chi connectivity index (χ4n) is 1.58. The first kappa shape index (κ1) is 22.3. The number of hydrogen-bond acceptors (Lipinski definition) is 0. The predicted molar refractivity (Wildman–Crippen MR) is 84.0 cm³/mol. The van der Waals surface area contributed by atoms with Gasteiger partial charge in [0.05, 0.1) is 16.1 Å². The molecular formula is C17H17ClF6. The highest BCUT2D eigenvalue weighted by molar-refractivity contribution is 6.31. The van der Waals surface area contributed by atoms with Crippen LogP contribution in [0.25, 0.3) is 0 Å². The van der Waals surface area contributed by atoms with Crippen LogP contribution in [0.2, 0.25) is 5.02 Å². The van der Waals surface area contributed by atoms with E-state index in [1.165, 1.54) is 37.3 Å². The minimum Gasteiger partial charge on any atom is -0.166 e. The number of aryl methyl sites for hydroxylation is 1. The van der Waals surface area contributed by atoms with E-state index in [4.69, 9.17) is 11.6 Å². The van der Waals surface area contributed by atoms with Crippen molar-refractivity contribution in [3.05, 3.63) is 70.2 Å². The van der Waals surface area contributed by atoms with E-state index in [9.17, 15) is 26.3 Å². The molecule has 0 N–H and O–H groups in total. The quantitative estimate of drug-likeness (QED) is 0.424. The molecule has 0 amide bonds. The topological polar surface area (TPSA) is 0 Å². The molecule has 0 radical (unpaired) electrons. The van der Waals surface area contributed by atoms with Gasteiger partial charge in [0.15, 0.2) is 0 Å². The third kappa shape index (κ3) is 7.25. The highest BCUT2D eigenvalue weighted by Gasteiger charge is 2.32. The standard InChI is InChI=1S/C8H7F3.C7H4ClF3.C2H6/c1-6-4-2-3-5-7(6)8(9,10)11;8-6-4-2-1-3-5(6)7(9,10)11;1-2/h2-5H,1H3;1-4H;1-2H3. The second-order valence-corrected chi connectivity index (χ2v) is 4.70. The Hall–Kier alpha value is -1.69. The fraction of sp³-hybridized carbons (Fsp3) is 0.294. The first-order valence-electron chi connectivity index (χ1n) is 6.98. The maximum Gasteiger partial charge on any atom is 0.417 e. The van der Waals surface area contributed by atoms with Crippen molar-refractivity contribution in [3.63, 3.8) is 0 Å². The van der Waals surface area contributed by atoms with Crippen molar-refractivity contribution in [3.8, 4) is 0 Å². The van der Waals surface area contributed by atoms with E-state index >= 15 is 0 Å². The fourth-order valence-corrected chi connectivity index (χ4v) is 1.82. The van der Waals surface area contributed by atoms with Crippen molar-refractivity contribution < 1.29 is 26.3 Å². The Kier molecular flexibility index (Phi) is 8.89. The van der Waals surface area contributed by atoms with Crippen molar-refractivity contribution in [2.24, 2.45) is 0 Å². The van der Waals surface area contributed by atoms with E-state index in [-0.39, 0.29) is 10.6 Å². The maximum atomic E-state index is 12.0. The molecule has 0 fully saturated rings. The summed E-state index contributed by atoms with van der Waals surface area (Å²) in [5.74, 6) is 0. The van der Waals surface area contributed by atoms with Crippen LogP contribution in [0.1, 0.15) is 30.5 Å². The van der Waals surface area contributed by atoms with Crippen LogP contribution in [0, 0.1) is 6.92 Å². The van der Waals surface area contributed by atoms with E-state index < -0.39 is 23.5 Å². The summed E-state index contributed by atoms with van der Waals surface area (Å²) in [6, 6.07) is 10.4. The number of halogens is 7. The third-order valence-corrected chi connectivity index (χ3v) is 2.96. The molecule has 0 atom stereocenters. The van der Waals surface area contributed by atoms with Gasteiger partial charge in [0.25, 0.3) is 0 Å². The van der Waals surface area contributed by atoms with Crippen LogP contribution >= 0.6 is 11.6 Å². The second-order valence-electron chi connectivity index (χ2n) is 4.29. The predicted octanol–water partition coefficient (Wildman–Crippen LogP) is 7.40. The van der Waals surface area contributed by atoms with Crippen molar-refractivity contribution in [1.82, 2.24) is 0 Å². The molecule has 0 spiro atoms. The first-order chi connectivity index (χ1) is 11.0. The van der Waals surface area contributed by atoms with Crippen molar-refractivity contribution in [2.45, 2.75) is 33.1 Å². The summed E-state index contributed by atoms with van der Waals surface area (Å²) in [6.07, 6.45) is -8.57. The lowest BCUT2D eigenvalue weighted by Crippen LogP contribution is -2.06. The number of benzene rings is 2. The molecule has 0 aliphatic carbocycles. The summed E-state index contributed by atoms with van der Waals surface area (Å²) in [7, 11) is 0. The molecule has 24 heavy (non-hydrogen) atoms. The van der Waals surface area contributed by atoms with Gasteiger partial charge >= 0.3 is 12.4 Å². The minimum atomic E-state index is -4.35. The van der Waals surface area contributed by atoms with Gasteiger partial charge in [-0.05, 0) is 30.7 Å². The second kappa shape index (κ2) is 9.57. The van der Waals surface area contributed by atoms with Crippen LogP contribution in [0.5, 0.6) is 0 Å². The van der Waals surface area contributed by atoms with Gasteiger partial charge in [-0.3, -0.25) is 0 Å². The summed E-state index contributed by atoms with van der Waals surface area (Å²) in [5, 5.41) is -0.264. The van der Waals surface area contributed by atoms with E-state index in [1.807, 2.05) is 13.8 Å². The zero-order chi connectivity index (χ0) is 19.0. The maximum absolute atomic E-state index is 12.0. The Morgan fingerprint density at radius 3 is 1.33 bits per heavy atom. The Morgan fingerprint density at radius 1 is 0.667 bits per heavy atom. The first-order valence-corrected chi connectivity index (χ1v) is 7.36. The summed E-state index contributed by atoms with van der Waals surface area (Å²) in [6.45, 7) is 5.45. The molecule has 7 heteroatoms. The lowest BCUT2D eigenvalue weighted by atomic mass is 10.1. The molecule has 0 aliphatic heterocycles. The minimum absolute atomic E-state index is 0.264. The molecule has 134 valence electrons. The Balaban J connectivity index is 0.000000400. The van der Waals surface area contributed by atoms with E-state index in [2.05, 4.69) is 0 Å². The molecular weight excluding hydrogens is 354 g/mol. The number of hydrogen-bond donors (Lipinski definition) is 0. The molecule has 0 saturated heterocycles. The Bertz CT molecular complexity index is 561. The summed E-state index contributed by atoms with van der Waals surface area (Å²) in [4.78, 5) is 0. The molecule has 0 bridgehead atoms. The highest BCUT2D eigenvalue weighted by atomic mass is 35.5. The average molecular weight is 371 g/mol. The number of alkyl halides is 6. The van der Waals surface area contributed by atoms with Crippen molar-refractivity contribution >= 4 is 11.6 Å². The van der Waals surface area contributed by atoms with Crippen LogP contribution in [0.3, 0.4) is 0 Å². The van der Waals surface area contributed by atoms with E-state index in [0.29, 0.717) is 0 Å². The molecule has 0 aromatic heterocycles. The molecule has 2 aromatic rings. The van der Waals surface area contributed by atoms with Gasteiger partial charge in [0.2, 0.25) is 0 Å². The van der Waals surface area contributed by atoms with Gasteiger partial charge in [-0.15, -0.1) is 0 Å². The SMILES string of the molecule is CC.Cc1ccccc1C(F)(F)F.FC(F)(F)c1ccccc1Cl. The third-order valence-electron chi connectivity index (χ3n) is 2.63. The van der Waals surface area contributed by atoms with Gasteiger partial charge in [-0.1, -0.05) is 55.8 Å². The van der Waals surface area contributed by atoms with Gasteiger partial charge in [0.1, 0.15) is 0 Å². The molecule has 2 aromatic carbocycles. The van der Waals surface area contributed by atoms with Crippen LogP contribution in [-0.2, 0) is 12.4 Å². The zero-order valence-corrected chi connectivity index (χ0v) is 14.0. The Morgan fingerprint density at radius 2 is 1.04 bits per heavy atom. The molecule has 0 unspecified atom stereocenters. The number of rotatable bonds is 0. The van der Waals surface area contributed by atoms with Crippen molar-refractivity contribution in [1.29, 1.82) is 0 Å². The average Bonchev–Trinajstić information content (AvgIpc) is 2.48. The zero-order valence-electron chi connectivity index (χ0n) is 13.3. The molecule has 0 nitrogen and oxygen atoms in total. The van der Waals surface area contributed by atoms with E-state index in [1.54, 1.807) is 6.07 Å². The van der Waals surface area contributed by atoms with E-state index in [0.717, 1.165) is 12.1 Å². The van der Waals surface area contributed by atoms with Gasteiger partial charge in [0, 0.05) is 0 Å². The van der Waals surface area contributed by atoms with Crippen LogP contribution in [-0.4, -0.2) is 0 Å². The normalized spacial score (nSPS) is 10.9. The Labute approximate surface area is 142 Å². The lowest BCUT2D eigenvalue weighted by molar-refractivity contribution is -0.138. The molecule has 2 rings (SSSR count). The van der Waals surface area contributed by atoms with Gasteiger partial charge in [-0.25, -0.2) is 0 Å². The summed E-state index contributed by atoms with van der Waals surface area (Å²) < 4.78 is 72.0. The van der Waals surface area contributed by atoms with Gasteiger partial charge < -0.3 is 0 Å². The van der Waals surface area contributed by atoms with Crippen LogP contribution in [0.15, 0.2) is 48.5 Å². The molecule has 0 aliphatic rings. The highest BCUT2D eigenvalue weighted by Crippen LogP contribution is 2.34. The van der Waals surface area contributed by atoms with Gasteiger partial charge in [-0.2, -0.15) is 26.3 Å². The van der Waals surface area contributed by atoms with Crippen LogP contribution in [0.4, 0.5) is 26.3 Å². The lowest BCUT2D eigenvalue weighted by Gasteiger charge is -2.08. The summed E-state index contributed by atoms with van der Waals surface area (Å²) in [5.41, 5.74) is -1.08. The smallest absolute Gasteiger partial charge is 0.166 e. The van der Waals surface area contributed by atoms with Crippen LogP contribution < -0.4 is 0 Å². The summed E-state index contributed by atoms with van der Waals surface area (Å²) >= 11 is 5.29. The largest absolute Gasteiger partial charge is 0.417 e. The molecule has 0 heterocycles. The molecule has 0 saturated carbocycles.